The van der Waals surface area contributed by atoms with Gasteiger partial charge in [0, 0.05) is 31.0 Å². The normalized spacial score (nSPS) is 29.8. The van der Waals surface area contributed by atoms with Gasteiger partial charge < -0.3 is 10.5 Å². The van der Waals surface area contributed by atoms with Crippen LogP contribution in [0, 0.1) is 0 Å². The molecule has 84 valence electrons. The number of methoxy groups -OCH3 is 1. The number of hydrogen-bond donors (Lipinski definition) is 1. The molecule has 0 radical (unpaired) electrons. The van der Waals surface area contributed by atoms with Crippen LogP contribution in [0.4, 0.5) is 0 Å². The van der Waals surface area contributed by atoms with Gasteiger partial charge in [-0.3, -0.25) is 4.90 Å². The molecular weight excluding hydrogens is 196 g/mol. The first kappa shape index (κ1) is 12.3. The highest BCUT2D eigenvalue weighted by molar-refractivity contribution is 7.99. The Hall–Kier alpha value is 0.230. The van der Waals surface area contributed by atoms with Gasteiger partial charge in [-0.15, -0.1) is 0 Å². The third-order valence-electron chi connectivity index (χ3n) is 3.28. The molecule has 2 N–H and O–H groups in total. The van der Waals surface area contributed by atoms with Gasteiger partial charge in [0.1, 0.15) is 0 Å². The topological polar surface area (TPSA) is 38.5 Å². The van der Waals surface area contributed by atoms with Crippen molar-refractivity contribution in [3.05, 3.63) is 0 Å². The Morgan fingerprint density at radius 3 is 2.79 bits per heavy atom. The van der Waals surface area contributed by atoms with Gasteiger partial charge in [0.15, 0.2) is 0 Å². The largest absolute Gasteiger partial charge is 0.383 e. The molecule has 3 nitrogen and oxygen atoms in total. The number of nitrogens with zero attached hydrogens (tertiary/aromatic N) is 1. The predicted octanol–water partition coefficient (Wildman–Crippen LogP) is 0.788. The second kappa shape index (κ2) is 5.35. The van der Waals surface area contributed by atoms with Crippen LogP contribution >= 0.6 is 11.8 Å². The summed E-state index contributed by atoms with van der Waals surface area (Å²) in [5.41, 5.74) is 6.12. The van der Waals surface area contributed by atoms with Crippen molar-refractivity contribution in [3.8, 4) is 0 Å². The van der Waals surface area contributed by atoms with Crippen LogP contribution in [-0.2, 0) is 4.74 Å². The SMILES string of the molecule is COCC(C)N(C)C1(CN)CCSC1. The zero-order chi connectivity index (χ0) is 10.6. The van der Waals surface area contributed by atoms with E-state index in [9.17, 15) is 0 Å². The van der Waals surface area contributed by atoms with E-state index in [-0.39, 0.29) is 5.54 Å². The van der Waals surface area contributed by atoms with Crippen LogP contribution in [-0.4, -0.2) is 55.3 Å². The van der Waals surface area contributed by atoms with Crippen LogP contribution in [0.5, 0.6) is 0 Å². The highest BCUT2D eigenvalue weighted by Gasteiger charge is 2.38. The smallest absolute Gasteiger partial charge is 0.0615 e. The van der Waals surface area contributed by atoms with E-state index in [0.717, 1.165) is 18.9 Å². The summed E-state index contributed by atoms with van der Waals surface area (Å²) in [6.45, 7) is 3.73. The molecule has 2 unspecified atom stereocenters. The van der Waals surface area contributed by atoms with Crippen molar-refractivity contribution < 1.29 is 4.74 Å². The second-order valence-corrected chi connectivity index (χ2v) is 5.25. The van der Waals surface area contributed by atoms with Crippen molar-refractivity contribution in [3.63, 3.8) is 0 Å². The van der Waals surface area contributed by atoms with Crippen molar-refractivity contribution in [1.82, 2.24) is 4.90 Å². The molecule has 0 amide bonds. The van der Waals surface area contributed by atoms with E-state index in [1.165, 1.54) is 12.2 Å². The summed E-state index contributed by atoms with van der Waals surface area (Å²) in [4.78, 5) is 2.40. The first-order valence-corrected chi connectivity index (χ1v) is 6.31. The molecule has 0 bridgehead atoms. The van der Waals surface area contributed by atoms with E-state index in [2.05, 4.69) is 18.9 Å². The Morgan fingerprint density at radius 2 is 2.36 bits per heavy atom. The van der Waals surface area contributed by atoms with Gasteiger partial charge >= 0.3 is 0 Å². The van der Waals surface area contributed by atoms with E-state index in [0.29, 0.717) is 6.04 Å². The summed E-state index contributed by atoms with van der Waals surface area (Å²) in [6, 6.07) is 0.447. The first-order valence-electron chi connectivity index (χ1n) is 5.16. The molecule has 4 heteroatoms. The van der Waals surface area contributed by atoms with Crippen molar-refractivity contribution in [2.45, 2.75) is 24.9 Å². The summed E-state index contributed by atoms with van der Waals surface area (Å²) < 4.78 is 5.18. The first-order chi connectivity index (χ1) is 6.66. The molecule has 0 aromatic carbocycles. The van der Waals surface area contributed by atoms with Crippen LogP contribution in [0.25, 0.3) is 0 Å². The zero-order valence-electron chi connectivity index (χ0n) is 9.45. The molecule has 0 saturated carbocycles. The van der Waals surface area contributed by atoms with E-state index in [1.807, 2.05) is 11.8 Å². The summed E-state index contributed by atoms with van der Waals surface area (Å²) in [5.74, 6) is 2.40. The minimum Gasteiger partial charge on any atom is -0.383 e. The molecule has 0 spiro atoms. The molecule has 1 heterocycles. The second-order valence-electron chi connectivity index (χ2n) is 4.15. The van der Waals surface area contributed by atoms with Gasteiger partial charge in [0.25, 0.3) is 0 Å². The predicted molar refractivity (Wildman–Crippen MR) is 62.8 cm³/mol. The molecule has 14 heavy (non-hydrogen) atoms. The molecule has 0 aromatic rings. The molecule has 1 rings (SSSR count). The minimum atomic E-state index is 0.211. The molecule has 1 aliphatic rings. The lowest BCUT2D eigenvalue weighted by Crippen LogP contribution is -2.56. The highest BCUT2D eigenvalue weighted by atomic mass is 32.2. The number of hydrogen-bond acceptors (Lipinski definition) is 4. The third-order valence-corrected chi connectivity index (χ3v) is 4.51. The van der Waals surface area contributed by atoms with Gasteiger partial charge in [0.2, 0.25) is 0 Å². The van der Waals surface area contributed by atoms with Gasteiger partial charge in [-0.25, -0.2) is 0 Å². The Labute approximate surface area is 91.4 Å². The Morgan fingerprint density at radius 1 is 1.64 bits per heavy atom. The van der Waals surface area contributed by atoms with Crippen LogP contribution in [0.2, 0.25) is 0 Å². The number of ether oxygens (including phenoxy) is 1. The lowest BCUT2D eigenvalue weighted by atomic mass is 9.95. The standard InChI is InChI=1S/C10H22N2OS/c1-9(6-13-3)12(2)10(7-11)4-5-14-8-10/h9H,4-8,11H2,1-3H3. The fourth-order valence-corrected chi connectivity index (χ4v) is 3.51. The van der Waals surface area contributed by atoms with Crippen molar-refractivity contribution in [2.24, 2.45) is 5.73 Å². The van der Waals surface area contributed by atoms with E-state index in [4.69, 9.17) is 10.5 Å². The Bertz CT molecular complexity index is 172. The third kappa shape index (κ3) is 2.42. The van der Waals surface area contributed by atoms with Gasteiger partial charge in [-0.05, 0) is 26.1 Å². The average Bonchev–Trinajstić information content (AvgIpc) is 2.66. The van der Waals surface area contributed by atoms with Gasteiger partial charge in [-0.1, -0.05) is 0 Å². The lowest BCUT2D eigenvalue weighted by molar-refractivity contribution is 0.0512. The summed E-state index contributed by atoms with van der Waals surface area (Å²) in [6.07, 6.45) is 1.21. The van der Waals surface area contributed by atoms with Gasteiger partial charge in [0.05, 0.1) is 6.61 Å². The Kier molecular flexibility index (Phi) is 4.70. The number of likely N-dealkylation sites (N-methyl/N-ethyl adjacent to an activating group) is 1. The number of nitrogens with two attached hydrogens (primary N) is 1. The van der Waals surface area contributed by atoms with Crippen molar-refractivity contribution in [2.75, 3.05) is 38.8 Å². The van der Waals surface area contributed by atoms with Crippen LogP contribution < -0.4 is 5.73 Å². The van der Waals surface area contributed by atoms with Crippen LogP contribution in [0.15, 0.2) is 0 Å². The number of rotatable bonds is 5. The fourth-order valence-electron chi connectivity index (χ4n) is 2.00. The van der Waals surface area contributed by atoms with E-state index < -0.39 is 0 Å². The van der Waals surface area contributed by atoms with Crippen LogP contribution in [0.1, 0.15) is 13.3 Å². The monoisotopic (exact) mass is 218 g/mol. The maximum Gasteiger partial charge on any atom is 0.0615 e. The quantitative estimate of drug-likeness (QED) is 0.740. The fraction of sp³-hybridized carbons (Fsp3) is 1.00. The summed E-state index contributed by atoms with van der Waals surface area (Å²) in [7, 11) is 3.92. The maximum atomic E-state index is 5.91. The summed E-state index contributed by atoms with van der Waals surface area (Å²) in [5, 5.41) is 0. The molecule has 0 aliphatic carbocycles. The van der Waals surface area contributed by atoms with Crippen molar-refractivity contribution >= 4 is 11.8 Å². The Balaban J connectivity index is 2.59. The van der Waals surface area contributed by atoms with Gasteiger partial charge in [-0.2, -0.15) is 11.8 Å². The van der Waals surface area contributed by atoms with Crippen LogP contribution in [0.3, 0.4) is 0 Å². The zero-order valence-corrected chi connectivity index (χ0v) is 10.3. The number of thioether (sulfide) groups is 1. The molecular formula is C10H22N2OS. The highest BCUT2D eigenvalue weighted by Crippen LogP contribution is 2.32. The molecule has 1 fully saturated rings. The molecule has 1 aliphatic heterocycles. The maximum absolute atomic E-state index is 5.91. The summed E-state index contributed by atoms with van der Waals surface area (Å²) >= 11 is 2.01. The lowest BCUT2D eigenvalue weighted by Gasteiger charge is -2.41. The average molecular weight is 218 g/mol. The molecule has 2 atom stereocenters. The molecule has 0 aromatic heterocycles. The molecule has 1 saturated heterocycles. The van der Waals surface area contributed by atoms with Crippen molar-refractivity contribution in [1.29, 1.82) is 0 Å². The minimum absolute atomic E-state index is 0.211. The van der Waals surface area contributed by atoms with E-state index in [1.54, 1.807) is 7.11 Å². The van der Waals surface area contributed by atoms with E-state index >= 15 is 0 Å².